The van der Waals surface area contributed by atoms with Crippen LogP contribution >= 0.6 is 0 Å². The first-order valence-electron chi connectivity index (χ1n) is 4.99. The topological polar surface area (TPSA) is 47.0 Å². The molecule has 4 nitrogen and oxygen atoms in total. The van der Waals surface area contributed by atoms with Gasteiger partial charge in [0, 0.05) is 12.1 Å². The lowest BCUT2D eigenvalue weighted by Gasteiger charge is -2.09. The van der Waals surface area contributed by atoms with Gasteiger partial charge in [-0.25, -0.2) is 9.97 Å². The Kier molecular flexibility index (Phi) is 2.52. The third-order valence-corrected chi connectivity index (χ3v) is 1.93. The van der Waals surface area contributed by atoms with Crippen LogP contribution in [0.5, 0.6) is 5.88 Å². The summed E-state index contributed by atoms with van der Waals surface area (Å²) in [5.74, 6) is 1.50. The minimum absolute atomic E-state index is 0.152. The van der Waals surface area contributed by atoms with Crippen molar-refractivity contribution in [2.24, 2.45) is 0 Å². The highest BCUT2D eigenvalue weighted by atomic mass is 16.5. The van der Waals surface area contributed by atoms with E-state index in [2.05, 4.69) is 15.3 Å². The second kappa shape index (κ2) is 3.82. The Hall–Kier alpha value is -1.32. The Labute approximate surface area is 83.7 Å². The van der Waals surface area contributed by atoms with E-state index in [0.717, 1.165) is 5.82 Å². The lowest BCUT2D eigenvalue weighted by atomic mass is 10.4. The zero-order valence-electron chi connectivity index (χ0n) is 8.53. The molecule has 0 aromatic carbocycles. The van der Waals surface area contributed by atoms with Gasteiger partial charge in [-0.15, -0.1) is 0 Å². The van der Waals surface area contributed by atoms with Crippen LogP contribution in [0.3, 0.4) is 0 Å². The molecule has 0 radical (unpaired) electrons. The van der Waals surface area contributed by atoms with E-state index in [4.69, 9.17) is 4.74 Å². The van der Waals surface area contributed by atoms with E-state index in [-0.39, 0.29) is 6.10 Å². The van der Waals surface area contributed by atoms with Crippen LogP contribution in [0.25, 0.3) is 0 Å². The fourth-order valence-electron chi connectivity index (χ4n) is 1.16. The predicted octanol–water partition coefficient (Wildman–Crippen LogP) is 1.84. The van der Waals surface area contributed by atoms with Gasteiger partial charge in [-0.05, 0) is 26.7 Å². The number of hydrogen-bond donors (Lipinski definition) is 1. The van der Waals surface area contributed by atoms with Crippen LogP contribution in [0.4, 0.5) is 5.82 Å². The van der Waals surface area contributed by atoms with Gasteiger partial charge < -0.3 is 10.1 Å². The molecule has 0 amide bonds. The third kappa shape index (κ3) is 2.58. The molecule has 0 saturated heterocycles. The minimum atomic E-state index is 0.152. The average molecular weight is 193 g/mol. The Morgan fingerprint density at radius 3 is 2.86 bits per heavy atom. The number of aromatic nitrogens is 2. The number of nitrogens with one attached hydrogen (secondary N) is 1. The predicted molar refractivity (Wildman–Crippen MR) is 54.4 cm³/mol. The van der Waals surface area contributed by atoms with Crippen LogP contribution in [0, 0.1) is 0 Å². The second-order valence-electron chi connectivity index (χ2n) is 3.83. The lowest BCUT2D eigenvalue weighted by Crippen LogP contribution is -2.08. The van der Waals surface area contributed by atoms with Crippen molar-refractivity contribution in [2.75, 3.05) is 5.32 Å². The van der Waals surface area contributed by atoms with E-state index in [1.54, 1.807) is 0 Å². The van der Waals surface area contributed by atoms with Crippen LogP contribution in [0.1, 0.15) is 26.7 Å². The standard InChI is InChI=1S/C10H15N3O/c1-7(2)14-10-5-9(11-6-12-10)13-8-3-4-8/h5-8H,3-4H2,1-2H3,(H,11,12,13). The largest absolute Gasteiger partial charge is 0.475 e. The van der Waals surface area contributed by atoms with Crippen molar-refractivity contribution in [3.8, 4) is 5.88 Å². The summed E-state index contributed by atoms with van der Waals surface area (Å²) in [6.45, 7) is 3.96. The molecule has 0 atom stereocenters. The molecule has 1 fully saturated rings. The van der Waals surface area contributed by atoms with E-state index in [1.807, 2.05) is 19.9 Å². The smallest absolute Gasteiger partial charge is 0.218 e. The van der Waals surface area contributed by atoms with Crippen LogP contribution in [0.2, 0.25) is 0 Å². The van der Waals surface area contributed by atoms with Gasteiger partial charge in [0.25, 0.3) is 0 Å². The van der Waals surface area contributed by atoms with E-state index >= 15 is 0 Å². The molecule has 2 rings (SSSR count). The lowest BCUT2D eigenvalue weighted by molar-refractivity contribution is 0.232. The normalized spacial score (nSPS) is 15.6. The minimum Gasteiger partial charge on any atom is -0.475 e. The Morgan fingerprint density at radius 1 is 1.43 bits per heavy atom. The summed E-state index contributed by atoms with van der Waals surface area (Å²) in [5, 5.41) is 3.30. The van der Waals surface area contributed by atoms with E-state index in [9.17, 15) is 0 Å². The highest BCUT2D eigenvalue weighted by molar-refractivity contribution is 5.39. The molecule has 1 aliphatic rings. The molecule has 1 N–H and O–H groups in total. The maximum Gasteiger partial charge on any atom is 0.218 e. The van der Waals surface area contributed by atoms with Crippen LogP contribution in [-0.2, 0) is 0 Å². The molecule has 4 heteroatoms. The molecule has 0 aliphatic heterocycles. The van der Waals surface area contributed by atoms with Crippen molar-refractivity contribution in [1.82, 2.24) is 9.97 Å². The van der Waals surface area contributed by atoms with E-state index < -0.39 is 0 Å². The summed E-state index contributed by atoms with van der Waals surface area (Å²) in [6, 6.07) is 2.45. The van der Waals surface area contributed by atoms with Crippen molar-refractivity contribution >= 4 is 5.82 Å². The highest BCUT2D eigenvalue weighted by Gasteiger charge is 2.21. The fraction of sp³-hybridized carbons (Fsp3) is 0.600. The first kappa shape index (κ1) is 9.24. The first-order chi connectivity index (χ1) is 6.74. The van der Waals surface area contributed by atoms with Crippen molar-refractivity contribution < 1.29 is 4.74 Å². The van der Waals surface area contributed by atoms with E-state index in [1.165, 1.54) is 19.2 Å². The van der Waals surface area contributed by atoms with Gasteiger partial charge in [0.15, 0.2) is 0 Å². The molecule has 0 spiro atoms. The molecule has 0 unspecified atom stereocenters. The van der Waals surface area contributed by atoms with Crippen molar-refractivity contribution in [1.29, 1.82) is 0 Å². The van der Waals surface area contributed by atoms with Crippen molar-refractivity contribution in [3.05, 3.63) is 12.4 Å². The van der Waals surface area contributed by atoms with Gasteiger partial charge in [0.2, 0.25) is 5.88 Å². The van der Waals surface area contributed by atoms with Gasteiger partial charge in [-0.3, -0.25) is 0 Å². The second-order valence-corrected chi connectivity index (χ2v) is 3.83. The van der Waals surface area contributed by atoms with Gasteiger partial charge in [0.1, 0.15) is 12.1 Å². The first-order valence-corrected chi connectivity index (χ1v) is 4.99. The van der Waals surface area contributed by atoms with Crippen LogP contribution in [-0.4, -0.2) is 22.1 Å². The summed E-state index contributed by atoms with van der Waals surface area (Å²) in [7, 11) is 0. The van der Waals surface area contributed by atoms with Crippen LogP contribution in [0.15, 0.2) is 12.4 Å². The van der Waals surface area contributed by atoms with Gasteiger partial charge in [0.05, 0.1) is 6.10 Å². The number of rotatable bonds is 4. The molecule has 0 bridgehead atoms. The number of anilines is 1. The molecule has 1 aromatic heterocycles. The maximum atomic E-state index is 5.47. The fourth-order valence-corrected chi connectivity index (χ4v) is 1.16. The summed E-state index contributed by atoms with van der Waals surface area (Å²) in [6.07, 6.45) is 4.16. The highest BCUT2D eigenvalue weighted by Crippen LogP contribution is 2.24. The zero-order valence-corrected chi connectivity index (χ0v) is 8.53. The molecular formula is C10H15N3O. The monoisotopic (exact) mass is 193 g/mol. The molecule has 1 aliphatic carbocycles. The molecule has 1 aromatic rings. The summed E-state index contributed by atoms with van der Waals surface area (Å²) < 4.78 is 5.47. The molecular weight excluding hydrogens is 178 g/mol. The number of nitrogens with zero attached hydrogens (tertiary/aromatic N) is 2. The quantitative estimate of drug-likeness (QED) is 0.792. The van der Waals surface area contributed by atoms with Crippen LogP contribution < -0.4 is 10.1 Å². The number of hydrogen-bond acceptors (Lipinski definition) is 4. The third-order valence-electron chi connectivity index (χ3n) is 1.93. The van der Waals surface area contributed by atoms with Gasteiger partial charge in [-0.1, -0.05) is 0 Å². The Balaban J connectivity index is 2.01. The molecule has 1 heterocycles. The SMILES string of the molecule is CC(C)Oc1cc(NC2CC2)ncn1. The molecule has 14 heavy (non-hydrogen) atoms. The van der Waals surface area contributed by atoms with Gasteiger partial charge in [-0.2, -0.15) is 0 Å². The summed E-state index contributed by atoms with van der Waals surface area (Å²) in [4.78, 5) is 8.16. The number of ether oxygens (including phenoxy) is 1. The van der Waals surface area contributed by atoms with E-state index in [0.29, 0.717) is 11.9 Å². The van der Waals surface area contributed by atoms with Gasteiger partial charge >= 0.3 is 0 Å². The van der Waals surface area contributed by atoms with Crippen molar-refractivity contribution in [3.63, 3.8) is 0 Å². The Bertz CT molecular complexity index is 291. The maximum absolute atomic E-state index is 5.47. The Morgan fingerprint density at radius 2 is 2.21 bits per heavy atom. The molecule has 76 valence electrons. The summed E-state index contributed by atoms with van der Waals surface area (Å²) >= 11 is 0. The molecule has 1 saturated carbocycles. The average Bonchev–Trinajstić information content (AvgIpc) is 2.87. The summed E-state index contributed by atoms with van der Waals surface area (Å²) in [5.41, 5.74) is 0. The zero-order chi connectivity index (χ0) is 9.97. The van der Waals surface area contributed by atoms with Crippen molar-refractivity contribution in [2.45, 2.75) is 38.8 Å².